The van der Waals surface area contributed by atoms with Crippen molar-refractivity contribution in [2.24, 2.45) is 11.1 Å². The number of amides is 2. The monoisotopic (exact) mass is 884 g/mol. The molecular weight excluding hydrogens is 825 g/mol. The number of nitrogens with zero attached hydrogens (tertiary/aromatic N) is 1. The van der Waals surface area contributed by atoms with Crippen LogP contribution in [0.25, 0.3) is 21.5 Å². The average Bonchev–Trinajstić information content (AvgIpc) is 4.15. The summed E-state index contributed by atoms with van der Waals surface area (Å²) in [4.78, 5) is 30.9. The minimum atomic E-state index is -1.71. The molecule has 1 aliphatic rings. The van der Waals surface area contributed by atoms with Gasteiger partial charge >= 0.3 is 0 Å². The Kier molecular flexibility index (Phi) is 12.5. The van der Waals surface area contributed by atoms with Crippen LogP contribution in [0.4, 0.5) is 0 Å². The molecule has 1 saturated carbocycles. The Labute approximate surface area is 394 Å². The molecule has 4 atom stereocenters. The highest BCUT2D eigenvalue weighted by atomic mass is 16.3. The Hall–Kier alpha value is -6.86. The van der Waals surface area contributed by atoms with Gasteiger partial charge in [0.2, 0.25) is 11.8 Å². The molecule has 8 aromatic rings. The van der Waals surface area contributed by atoms with Crippen molar-refractivity contribution in [1.82, 2.24) is 4.90 Å². The van der Waals surface area contributed by atoms with E-state index in [2.05, 4.69) is 97.1 Å². The molecule has 6 nitrogen and oxygen atoms in total. The molecule has 0 aromatic heterocycles. The second-order valence-corrected chi connectivity index (χ2v) is 19.5. The maximum Gasteiger partial charge on any atom is 0.238 e. The molecular formula is C61H60N2O4. The van der Waals surface area contributed by atoms with Gasteiger partial charge in [-0.1, -0.05) is 204 Å². The Morgan fingerprint density at radius 1 is 0.507 bits per heavy atom. The van der Waals surface area contributed by atoms with E-state index in [9.17, 15) is 15.0 Å². The quantitative estimate of drug-likeness (QED) is 0.0841. The van der Waals surface area contributed by atoms with Crippen molar-refractivity contribution in [3.8, 4) is 0 Å². The van der Waals surface area contributed by atoms with Crippen molar-refractivity contribution in [3.63, 3.8) is 0 Å². The second-order valence-electron chi connectivity index (χ2n) is 19.5. The van der Waals surface area contributed by atoms with Crippen LogP contribution in [-0.4, -0.2) is 51.2 Å². The zero-order chi connectivity index (χ0) is 46.9. The predicted molar refractivity (Wildman–Crippen MR) is 271 cm³/mol. The maximum absolute atomic E-state index is 15.7. The van der Waals surface area contributed by atoms with E-state index in [4.69, 9.17) is 5.73 Å². The standard InChI is InChI=1S/C61H60N2O4/c1-41-19-27-45(28-20-41)37-60(66,55(49-31-23-43(3)24-32-49)53-17-9-13-47-11-5-7-15-51(47)53)39-63(58(65)59(35-36-59)57(62)64)40-61(67,38-46-29-21-42(2)22-30-46)56(50-33-25-44(4)26-34-50)54-18-10-14-48-12-6-8-16-52(48)54/h5-34,55-56,66-67H,35-40H2,1-4H3,(H2,62,64). The number of nitrogens with two attached hydrogens (primary N) is 1. The lowest BCUT2D eigenvalue weighted by Gasteiger charge is -2.46. The summed E-state index contributed by atoms with van der Waals surface area (Å²) in [6, 6.07) is 61.6. The third-order valence-corrected chi connectivity index (χ3v) is 14.3. The van der Waals surface area contributed by atoms with Crippen LogP contribution in [0.2, 0.25) is 0 Å². The molecule has 2 amide bonds. The summed E-state index contributed by atoms with van der Waals surface area (Å²) in [5.41, 5.74) is 11.0. The largest absolute Gasteiger partial charge is 0.387 e. The molecule has 0 spiro atoms. The number of carbonyl (C=O) groups is 2. The van der Waals surface area contributed by atoms with Crippen molar-refractivity contribution in [3.05, 3.63) is 238 Å². The molecule has 0 aliphatic heterocycles. The van der Waals surface area contributed by atoms with Crippen LogP contribution in [0.5, 0.6) is 0 Å². The van der Waals surface area contributed by atoms with Gasteiger partial charge in [-0.3, -0.25) is 9.59 Å². The summed E-state index contributed by atoms with van der Waals surface area (Å²) in [6.45, 7) is 7.73. The maximum atomic E-state index is 15.7. The molecule has 4 N–H and O–H groups in total. The van der Waals surface area contributed by atoms with Gasteiger partial charge in [0.25, 0.3) is 0 Å². The molecule has 9 rings (SSSR count). The van der Waals surface area contributed by atoms with Gasteiger partial charge in [-0.25, -0.2) is 0 Å². The van der Waals surface area contributed by atoms with Crippen LogP contribution in [0.1, 0.15) is 80.3 Å². The topological polar surface area (TPSA) is 104 Å². The van der Waals surface area contributed by atoms with E-state index in [0.717, 1.165) is 77.2 Å². The number of fused-ring (bicyclic) bond motifs is 2. The second kappa shape index (κ2) is 18.4. The predicted octanol–water partition coefficient (Wildman–Crippen LogP) is 11.2. The van der Waals surface area contributed by atoms with Crippen LogP contribution < -0.4 is 5.73 Å². The van der Waals surface area contributed by atoms with Crippen LogP contribution in [0.3, 0.4) is 0 Å². The molecule has 0 heterocycles. The minimum absolute atomic E-state index is 0.156. The van der Waals surface area contributed by atoms with E-state index in [1.807, 2.05) is 113 Å². The average molecular weight is 885 g/mol. The highest BCUT2D eigenvalue weighted by Crippen LogP contribution is 2.50. The number of hydrogen-bond acceptors (Lipinski definition) is 4. The van der Waals surface area contributed by atoms with Gasteiger partial charge < -0.3 is 20.8 Å². The lowest BCUT2D eigenvalue weighted by atomic mass is 9.71. The van der Waals surface area contributed by atoms with Gasteiger partial charge in [-0.2, -0.15) is 0 Å². The Balaban J connectivity index is 1.29. The summed E-state index contributed by atoms with van der Waals surface area (Å²) < 4.78 is 0. The number of aryl methyl sites for hydroxylation is 4. The molecule has 0 radical (unpaired) electrons. The van der Waals surface area contributed by atoms with Gasteiger partial charge in [0.15, 0.2) is 0 Å². The molecule has 1 aliphatic carbocycles. The fraction of sp³-hybridized carbons (Fsp3) is 0.246. The Bertz CT molecular complexity index is 2850. The summed E-state index contributed by atoms with van der Waals surface area (Å²) in [5, 5.41) is 32.5. The summed E-state index contributed by atoms with van der Waals surface area (Å²) in [7, 11) is 0. The highest BCUT2D eigenvalue weighted by Gasteiger charge is 2.59. The number of aliphatic hydroxyl groups is 2. The summed E-state index contributed by atoms with van der Waals surface area (Å²) in [6.07, 6.45) is 0.896. The van der Waals surface area contributed by atoms with Gasteiger partial charge in [0.05, 0.1) is 24.3 Å². The van der Waals surface area contributed by atoms with Crippen molar-refractivity contribution < 1.29 is 19.8 Å². The van der Waals surface area contributed by atoms with Crippen molar-refractivity contribution in [2.45, 2.75) is 76.4 Å². The van der Waals surface area contributed by atoms with E-state index >= 15 is 4.79 Å². The van der Waals surface area contributed by atoms with E-state index in [1.165, 1.54) is 0 Å². The SMILES string of the molecule is Cc1ccc(CC(O)(CN(CC(O)(Cc2ccc(C)cc2)C(c2ccc(C)cc2)c2cccc3ccccc23)C(=O)C2(C(N)=O)CC2)C(c2ccc(C)cc2)c2cccc3ccccc23)cc1. The number of rotatable bonds is 16. The van der Waals surface area contributed by atoms with Crippen molar-refractivity contribution in [2.75, 3.05) is 13.1 Å². The molecule has 67 heavy (non-hydrogen) atoms. The first-order valence-corrected chi connectivity index (χ1v) is 23.5. The number of carbonyl (C=O) groups excluding carboxylic acids is 2. The highest BCUT2D eigenvalue weighted by molar-refractivity contribution is 6.07. The van der Waals surface area contributed by atoms with Crippen LogP contribution >= 0.6 is 0 Å². The molecule has 0 bridgehead atoms. The molecule has 4 unspecified atom stereocenters. The zero-order valence-corrected chi connectivity index (χ0v) is 39.0. The molecule has 8 aromatic carbocycles. The number of primary amides is 1. The molecule has 0 saturated heterocycles. The van der Waals surface area contributed by atoms with Crippen LogP contribution in [0, 0.1) is 33.1 Å². The zero-order valence-electron chi connectivity index (χ0n) is 39.0. The van der Waals surface area contributed by atoms with E-state index in [0.29, 0.717) is 12.8 Å². The van der Waals surface area contributed by atoms with Gasteiger partial charge in [-0.05, 0) is 95.5 Å². The summed E-state index contributed by atoms with van der Waals surface area (Å²) in [5.74, 6) is -2.52. The van der Waals surface area contributed by atoms with Crippen LogP contribution in [-0.2, 0) is 22.4 Å². The third kappa shape index (κ3) is 9.29. The number of hydrogen-bond donors (Lipinski definition) is 3. The van der Waals surface area contributed by atoms with Gasteiger partial charge in [-0.15, -0.1) is 0 Å². The van der Waals surface area contributed by atoms with Crippen molar-refractivity contribution >= 4 is 33.4 Å². The lowest BCUT2D eigenvalue weighted by Crippen LogP contribution is -2.59. The lowest BCUT2D eigenvalue weighted by molar-refractivity contribution is -0.150. The minimum Gasteiger partial charge on any atom is -0.387 e. The van der Waals surface area contributed by atoms with E-state index < -0.39 is 40.3 Å². The third-order valence-electron chi connectivity index (χ3n) is 14.3. The first kappa shape index (κ1) is 45.3. The summed E-state index contributed by atoms with van der Waals surface area (Å²) >= 11 is 0. The molecule has 6 heteroatoms. The fourth-order valence-corrected chi connectivity index (χ4v) is 10.6. The smallest absolute Gasteiger partial charge is 0.238 e. The number of benzene rings is 8. The van der Waals surface area contributed by atoms with E-state index in [1.54, 1.807) is 4.90 Å². The Morgan fingerprint density at radius 3 is 1.21 bits per heavy atom. The van der Waals surface area contributed by atoms with Crippen LogP contribution in [0.15, 0.2) is 182 Å². The first-order valence-electron chi connectivity index (χ1n) is 23.5. The molecule has 338 valence electrons. The normalized spacial score (nSPS) is 15.9. The fourth-order valence-electron chi connectivity index (χ4n) is 10.6. The van der Waals surface area contributed by atoms with Gasteiger partial charge in [0, 0.05) is 24.7 Å². The Morgan fingerprint density at radius 2 is 0.851 bits per heavy atom. The van der Waals surface area contributed by atoms with Gasteiger partial charge in [0.1, 0.15) is 5.41 Å². The molecule has 1 fully saturated rings. The first-order chi connectivity index (χ1) is 32.2. The van der Waals surface area contributed by atoms with Crippen molar-refractivity contribution in [1.29, 1.82) is 0 Å². The van der Waals surface area contributed by atoms with E-state index in [-0.39, 0.29) is 25.9 Å².